The van der Waals surface area contributed by atoms with Gasteiger partial charge < -0.3 is 8.85 Å². The van der Waals surface area contributed by atoms with Gasteiger partial charge in [0.25, 0.3) is 5.91 Å². The minimum absolute atomic E-state index is 0.309. The number of fused-ring (bicyclic) bond motifs is 1. The van der Waals surface area contributed by atoms with E-state index in [0.717, 1.165) is 13.0 Å². The SMILES string of the molecule is C=I1=NC(Cn2nc(C)c3c(Cl)c(C(=O)Nc4ccc(I)cc4)cnc32)=C(I)N1. The van der Waals surface area contributed by atoms with Crippen LogP contribution in [-0.2, 0) is 6.54 Å². The lowest BCUT2D eigenvalue weighted by molar-refractivity contribution is 0.102. The van der Waals surface area contributed by atoms with Crippen LogP contribution in [0.3, 0.4) is 0 Å². The highest BCUT2D eigenvalue weighted by molar-refractivity contribution is 14.2. The number of amides is 1. The monoisotopic (exact) mass is 746 g/mol. The topological polar surface area (TPSA) is 84.2 Å². The zero-order valence-corrected chi connectivity index (χ0v) is 22.2. The maximum atomic E-state index is 12.7. The van der Waals surface area contributed by atoms with Crippen LogP contribution in [0.5, 0.6) is 0 Å². The van der Waals surface area contributed by atoms with Gasteiger partial charge in [-0.3, -0.25) is 4.79 Å². The van der Waals surface area contributed by atoms with Gasteiger partial charge >= 0.3 is 0 Å². The van der Waals surface area contributed by atoms with Crippen LogP contribution in [0.4, 0.5) is 5.69 Å². The van der Waals surface area contributed by atoms with Gasteiger partial charge in [0.1, 0.15) is 3.70 Å². The van der Waals surface area contributed by atoms with E-state index in [1.54, 1.807) is 4.68 Å². The molecule has 3 heterocycles. The van der Waals surface area contributed by atoms with Crippen molar-refractivity contribution in [2.75, 3.05) is 5.32 Å². The number of nitrogens with one attached hydrogen (secondary N) is 2. The van der Waals surface area contributed by atoms with Crippen molar-refractivity contribution in [3.05, 3.63) is 59.7 Å². The number of hydrogen-bond donors (Lipinski definition) is 2. The summed E-state index contributed by atoms with van der Waals surface area (Å²) < 4.78 is 15.8. The Labute approximate surface area is 206 Å². The van der Waals surface area contributed by atoms with Gasteiger partial charge in [0.15, 0.2) is 5.65 Å². The minimum Gasteiger partial charge on any atom is -0.322 e. The van der Waals surface area contributed by atoms with Crippen LogP contribution in [0.25, 0.3) is 11.0 Å². The number of allylic oxidation sites excluding steroid dienone is 1. The first-order valence-electron chi connectivity index (χ1n) is 8.28. The molecule has 2 N–H and O–H groups in total. The summed E-state index contributed by atoms with van der Waals surface area (Å²) in [5.41, 5.74) is 3.28. The third kappa shape index (κ3) is 4.39. The average Bonchev–Trinajstić information content (AvgIpc) is 3.16. The molecule has 0 spiro atoms. The Kier molecular flexibility index (Phi) is 6.32. The molecule has 1 aliphatic heterocycles. The molecule has 4 rings (SSSR count). The molecule has 0 atom stereocenters. The van der Waals surface area contributed by atoms with Gasteiger partial charge in [-0.1, -0.05) is 11.6 Å². The lowest BCUT2D eigenvalue weighted by Gasteiger charge is -2.08. The molecule has 1 amide bonds. The Morgan fingerprint density at radius 1 is 1.34 bits per heavy atom. The van der Waals surface area contributed by atoms with Crippen molar-refractivity contribution in [2.45, 2.75) is 13.5 Å². The van der Waals surface area contributed by atoms with Crippen LogP contribution >= 0.6 is 76.2 Å². The summed E-state index contributed by atoms with van der Waals surface area (Å²) in [6.45, 7) is 2.34. The maximum Gasteiger partial charge on any atom is 0.258 e. The smallest absolute Gasteiger partial charge is 0.258 e. The van der Waals surface area contributed by atoms with Crippen LogP contribution in [0, 0.1) is 10.5 Å². The fraction of sp³-hybridized carbons (Fsp3) is 0.111. The number of aromatic nitrogens is 3. The zero-order chi connectivity index (χ0) is 20.7. The van der Waals surface area contributed by atoms with Gasteiger partial charge in [-0.15, -0.1) is 0 Å². The number of hydrogen-bond acceptors (Lipinski definition) is 5. The summed E-state index contributed by atoms with van der Waals surface area (Å²) in [5.74, 6) is -0.309. The van der Waals surface area contributed by atoms with E-state index in [0.29, 0.717) is 39.5 Å². The Bertz CT molecular complexity index is 1260. The summed E-state index contributed by atoms with van der Waals surface area (Å²) in [6.07, 6.45) is 1.49. The molecular weight excluding hydrogens is 732 g/mol. The number of carbonyl (C=O) groups is 1. The third-order valence-corrected chi connectivity index (χ3v) is 9.53. The molecule has 29 heavy (non-hydrogen) atoms. The lowest BCUT2D eigenvalue weighted by atomic mass is 10.2. The van der Waals surface area contributed by atoms with E-state index >= 15 is 0 Å². The van der Waals surface area contributed by atoms with E-state index in [1.165, 1.54) is 6.20 Å². The fourth-order valence-electron chi connectivity index (χ4n) is 2.84. The summed E-state index contributed by atoms with van der Waals surface area (Å²) in [7, 11) is 0. The van der Waals surface area contributed by atoms with E-state index in [-0.39, 0.29) is 5.91 Å². The molecular formula is C18H14ClI3N6O. The Morgan fingerprint density at radius 2 is 2.07 bits per heavy atom. The molecule has 2 aromatic heterocycles. The number of pyridine rings is 1. The minimum atomic E-state index is -1.70. The molecule has 150 valence electrons. The molecule has 0 fully saturated rings. The number of halogens is 4. The van der Waals surface area contributed by atoms with Gasteiger partial charge in [0.2, 0.25) is 0 Å². The van der Waals surface area contributed by atoms with E-state index in [4.69, 9.17) is 11.6 Å². The van der Waals surface area contributed by atoms with Gasteiger partial charge in [0.05, 0.1) is 33.9 Å². The summed E-state index contributed by atoms with van der Waals surface area (Å²) in [4.78, 5) is 17.2. The van der Waals surface area contributed by atoms with Crippen molar-refractivity contribution in [1.29, 1.82) is 0 Å². The lowest BCUT2D eigenvalue weighted by Crippen LogP contribution is -2.13. The maximum absolute atomic E-state index is 12.7. The zero-order valence-electron chi connectivity index (χ0n) is 15.0. The molecule has 0 unspecified atom stereocenters. The van der Waals surface area contributed by atoms with Crippen molar-refractivity contribution < 1.29 is 4.79 Å². The van der Waals surface area contributed by atoms with E-state index in [9.17, 15) is 4.79 Å². The second kappa shape index (κ2) is 8.63. The summed E-state index contributed by atoms with van der Waals surface area (Å²) in [6, 6.07) is 7.53. The molecule has 3 aromatic rings. The molecule has 0 bridgehead atoms. The van der Waals surface area contributed by atoms with Crippen molar-refractivity contribution >= 4 is 103 Å². The normalized spacial score (nSPS) is 14.2. The van der Waals surface area contributed by atoms with E-state index < -0.39 is 19.4 Å². The number of carbonyl (C=O) groups excluding carboxylic acids is 1. The molecule has 0 saturated carbocycles. The van der Waals surface area contributed by atoms with Gasteiger partial charge in [0, 0.05) is 34.9 Å². The van der Waals surface area contributed by atoms with Crippen molar-refractivity contribution in [3.8, 4) is 0 Å². The van der Waals surface area contributed by atoms with Crippen LogP contribution in [0.1, 0.15) is 16.1 Å². The van der Waals surface area contributed by atoms with E-state index in [1.807, 2.05) is 31.2 Å². The first-order chi connectivity index (χ1) is 13.8. The Balaban J connectivity index is 1.68. The molecule has 1 aromatic carbocycles. The largest absolute Gasteiger partial charge is 0.322 e. The first-order valence-corrected chi connectivity index (χ1v) is 14.4. The number of benzene rings is 1. The van der Waals surface area contributed by atoms with Crippen LogP contribution in [0.2, 0.25) is 5.02 Å². The van der Waals surface area contributed by atoms with Crippen molar-refractivity contribution in [2.24, 2.45) is 3.15 Å². The second-order valence-corrected chi connectivity index (χ2v) is 11.8. The van der Waals surface area contributed by atoms with Crippen molar-refractivity contribution in [3.63, 3.8) is 0 Å². The molecule has 0 saturated heterocycles. The van der Waals surface area contributed by atoms with Crippen LogP contribution in [0.15, 0.2) is 43.0 Å². The number of aryl methyl sites for hydroxylation is 1. The third-order valence-electron chi connectivity index (χ3n) is 4.17. The highest BCUT2D eigenvalue weighted by Gasteiger charge is 2.21. The van der Waals surface area contributed by atoms with Crippen LogP contribution in [-0.4, -0.2) is 25.2 Å². The Hall–Kier alpha value is -1.000. The highest BCUT2D eigenvalue weighted by Crippen LogP contribution is 2.32. The molecule has 1 aliphatic rings. The predicted molar refractivity (Wildman–Crippen MR) is 142 cm³/mol. The van der Waals surface area contributed by atoms with Gasteiger partial charge in [-0.25, -0.2) is 12.8 Å². The molecule has 7 nitrogen and oxygen atoms in total. The summed E-state index contributed by atoms with van der Waals surface area (Å²) >= 11 is 9.36. The quantitative estimate of drug-likeness (QED) is 0.210. The first kappa shape index (κ1) is 21.2. The average molecular weight is 747 g/mol. The van der Waals surface area contributed by atoms with Crippen molar-refractivity contribution in [1.82, 2.24) is 18.3 Å². The number of rotatable bonds is 4. The number of nitrogens with zero attached hydrogens (tertiary/aromatic N) is 4. The number of anilines is 1. The van der Waals surface area contributed by atoms with Gasteiger partial charge in [-0.05, 0) is 80.9 Å². The fourth-order valence-corrected chi connectivity index (χ4v) is 7.97. The van der Waals surface area contributed by atoms with E-state index in [2.05, 4.69) is 71.8 Å². The Morgan fingerprint density at radius 3 is 2.72 bits per heavy atom. The molecule has 11 heteroatoms. The second-order valence-electron chi connectivity index (χ2n) is 6.17. The predicted octanol–water partition coefficient (Wildman–Crippen LogP) is 5.49. The molecule has 0 radical (unpaired) electrons. The summed E-state index contributed by atoms with van der Waals surface area (Å²) in [5, 5.41) is 8.46. The van der Waals surface area contributed by atoms with Crippen LogP contribution < -0.4 is 8.85 Å². The highest BCUT2D eigenvalue weighted by atomic mass is 127. The standard InChI is InChI=1S/C18H14ClI3N6O/c1-9-14-15(19)12(18(29)24-11-5-3-10(20)4-6-11)7-23-17(14)28(27-9)8-13-16(21)26-22(2)25-13/h3-7H,2,8H2,1H3,(H,24,29)(H,25,26). The van der Waals surface area contributed by atoms with Gasteiger partial charge in [-0.2, -0.15) is 5.10 Å². The molecule has 0 aliphatic carbocycles.